The lowest BCUT2D eigenvalue weighted by Crippen LogP contribution is -2.74. The number of rotatable bonds is 11. The van der Waals surface area contributed by atoms with Crippen LogP contribution in [0.4, 0.5) is 70.2 Å². The average molecular weight is 663 g/mol. The van der Waals surface area contributed by atoms with Crippen LogP contribution >= 0.6 is 7.26 Å². The monoisotopic (exact) mass is 663 g/mol. The Kier molecular flexibility index (Phi) is 8.69. The van der Waals surface area contributed by atoms with Crippen molar-refractivity contribution in [1.29, 1.82) is 0 Å². The first-order valence-electron chi connectivity index (χ1n) is 11.5. The molecule has 3 rings (SSSR count). The number of benzene rings is 3. The normalized spacial score (nSPS) is 14.7. The summed E-state index contributed by atoms with van der Waals surface area (Å²) >= 11 is 0. The summed E-state index contributed by atoms with van der Waals surface area (Å²) in [4.78, 5) is 0. The Morgan fingerprint density at radius 1 is 0.372 bits per heavy atom. The van der Waals surface area contributed by atoms with E-state index in [2.05, 4.69) is 0 Å². The topological polar surface area (TPSA) is 0 Å². The van der Waals surface area contributed by atoms with Crippen LogP contribution in [0.25, 0.3) is 0 Å². The SMILES string of the molecule is FC(F)C(F)(F)C(F)(F)C(F)(F)C(F)(F)C(F)(F)C(F)(F)C(F)(F)[P+](c1ccccc1)(c1ccccc1)c1ccccc1. The van der Waals surface area contributed by atoms with E-state index in [9.17, 15) is 52.7 Å². The summed E-state index contributed by atoms with van der Waals surface area (Å²) in [6, 6.07) is 13.4. The van der Waals surface area contributed by atoms with Crippen LogP contribution < -0.4 is 15.9 Å². The zero-order chi connectivity index (χ0) is 32.9. The molecule has 236 valence electrons. The molecule has 17 heteroatoms. The van der Waals surface area contributed by atoms with Crippen LogP contribution in [0.1, 0.15) is 0 Å². The maximum Gasteiger partial charge on any atom is 0.436 e. The van der Waals surface area contributed by atoms with Crippen LogP contribution in [0.2, 0.25) is 0 Å². The van der Waals surface area contributed by atoms with Gasteiger partial charge in [-0.3, -0.25) is 0 Å². The molecule has 0 saturated carbocycles. The molecular weight excluding hydrogens is 647 g/mol. The van der Waals surface area contributed by atoms with E-state index in [0.717, 1.165) is 54.6 Å². The second-order valence-electron chi connectivity index (χ2n) is 9.01. The van der Waals surface area contributed by atoms with Gasteiger partial charge in [0.15, 0.2) is 7.26 Å². The zero-order valence-electron chi connectivity index (χ0n) is 20.7. The molecule has 0 bridgehead atoms. The van der Waals surface area contributed by atoms with Crippen LogP contribution in [-0.4, -0.2) is 47.6 Å². The molecule has 0 heterocycles. The maximum absolute atomic E-state index is 16.4. The maximum atomic E-state index is 16.4. The van der Waals surface area contributed by atoms with Crippen LogP contribution in [-0.2, 0) is 0 Å². The molecule has 0 atom stereocenters. The molecule has 0 spiro atoms. The first kappa shape index (κ1) is 34.5. The van der Waals surface area contributed by atoms with Gasteiger partial charge < -0.3 is 0 Å². The Labute approximate surface area is 232 Å². The molecule has 0 aliphatic rings. The Morgan fingerprint density at radius 2 is 0.628 bits per heavy atom. The highest BCUT2D eigenvalue weighted by molar-refractivity contribution is 7.96. The minimum atomic E-state index is -8.48. The van der Waals surface area contributed by atoms with E-state index in [0.29, 0.717) is 36.4 Å². The third kappa shape index (κ3) is 4.57. The molecule has 0 N–H and O–H groups in total. The summed E-state index contributed by atoms with van der Waals surface area (Å²) in [5, 5.41) is -2.72. The summed E-state index contributed by atoms with van der Waals surface area (Å²) in [7, 11) is -5.78. The second-order valence-corrected chi connectivity index (χ2v) is 12.5. The van der Waals surface area contributed by atoms with Crippen molar-refractivity contribution in [3.63, 3.8) is 0 Å². The largest absolute Gasteiger partial charge is 0.436 e. The van der Waals surface area contributed by atoms with Gasteiger partial charge in [0.05, 0.1) is 0 Å². The van der Waals surface area contributed by atoms with Gasteiger partial charge in [-0.2, -0.15) is 61.5 Å². The van der Waals surface area contributed by atoms with Crippen LogP contribution in [0.5, 0.6) is 0 Å². The van der Waals surface area contributed by atoms with E-state index in [4.69, 9.17) is 0 Å². The average Bonchev–Trinajstić information content (AvgIpc) is 2.94. The summed E-state index contributed by atoms with van der Waals surface area (Å²) in [6.07, 6.45) is -5.90. The molecule has 0 fully saturated rings. The lowest BCUT2D eigenvalue weighted by atomic mass is 9.91. The first-order chi connectivity index (χ1) is 19.5. The minimum absolute atomic E-state index is 0.708. The molecule has 0 aromatic heterocycles. The van der Waals surface area contributed by atoms with Crippen molar-refractivity contribution in [1.82, 2.24) is 0 Å². The van der Waals surface area contributed by atoms with Gasteiger partial charge in [-0.15, -0.1) is 0 Å². The van der Waals surface area contributed by atoms with Gasteiger partial charge in [-0.1, -0.05) is 54.6 Å². The van der Waals surface area contributed by atoms with Gasteiger partial charge in [-0.25, -0.2) is 8.78 Å². The zero-order valence-corrected chi connectivity index (χ0v) is 21.6. The number of hydrogen-bond donors (Lipinski definition) is 0. The second kappa shape index (κ2) is 10.8. The van der Waals surface area contributed by atoms with Crippen molar-refractivity contribution in [3.8, 4) is 0 Å². The summed E-state index contributed by atoms with van der Waals surface area (Å²) in [5.74, 6) is -48.6. The molecule has 0 radical (unpaired) electrons. The molecule has 3 aromatic rings. The van der Waals surface area contributed by atoms with Crippen molar-refractivity contribution >= 4 is 23.2 Å². The smallest absolute Gasteiger partial charge is 0.203 e. The molecule has 0 aliphatic carbocycles. The Balaban J connectivity index is 2.43. The van der Waals surface area contributed by atoms with Crippen molar-refractivity contribution in [2.24, 2.45) is 0 Å². The lowest BCUT2D eigenvalue weighted by molar-refractivity contribution is -0.441. The molecule has 0 saturated heterocycles. The van der Waals surface area contributed by atoms with Crippen molar-refractivity contribution < 1.29 is 70.2 Å². The highest BCUT2D eigenvalue weighted by Crippen LogP contribution is 2.75. The first-order valence-corrected chi connectivity index (χ1v) is 13.3. The molecule has 0 amide bonds. The van der Waals surface area contributed by atoms with Gasteiger partial charge >= 0.3 is 47.6 Å². The highest BCUT2D eigenvalue weighted by Gasteiger charge is 2.97. The van der Waals surface area contributed by atoms with Gasteiger partial charge in [0.1, 0.15) is 15.9 Å². The van der Waals surface area contributed by atoms with E-state index in [-0.39, 0.29) is 0 Å². The highest BCUT2D eigenvalue weighted by atomic mass is 31.2. The summed E-state index contributed by atoms with van der Waals surface area (Å²) in [5.41, 5.74) is -6.59. The Bertz CT molecular complexity index is 1280. The van der Waals surface area contributed by atoms with E-state index < -0.39 is 70.8 Å². The number of alkyl halides is 16. The molecular formula is C26H16F16P+. The van der Waals surface area contributed by atoms with Gasteiger partial charge in [0.2, 0.25) is 0 Å². The van der Waals surface area contributed by atoms with Gasteiger partial charge in [0, 0.05) is 0 Å². The van der Waals surface area contributed by atoms with Crippen molar-refractivity contribution in [2.45, 2.75) is 47.6 Å². The quantitative estimate of drug-likeness (QED) is 0.142. The molecule has 0 nitrogen and oxygen atoms in total. The van der Waals surface area contributed by atoms with Gasteiger partial charge in [0.25, 0.3) is 0 Å². The van der Waals surface area contributed by atoms with Crippen LogP contribution in [0.15, 0.2) is 91.0 Å². The molecule has 43 heavy (non-hydrogen) atoms. The standard InChI is InChI=1S/C26H16F16P/c27-19(28)20(29,30)21(31,32)22(33,34)23(35,36)24(37,38)25(39,40)26(41,42)43(16-10-4-1-5-11-16,17-12-6-2-7-13-17)18-14-8-3-9-15-18/h1-15,19H/q+1. The Hall–Kier alpha value is -3.03. The molecule has 0 unspecified atom stereocenters. The predicted molar refractivity (Wildman–Crippen MR) is 126 cm³/mol. The number of halogens is 16. The number of hydrogen-bond acceptors (Lipinski definition) is 0. The summed E-state index contributed by atoms with van der Waals surface area (Å²) < 4.78 is 230. The van der Waals surface area contributed by atoms with Crippen LogP contribution in [0.3, 0.4) is 0 Å². The predicted octanol–water partition coefficient (Wildman–Crippen LogP) is 8.65. The third-order valence-corrected chi connectivity index (χ3v) is 10.8. The van der Waals surface area contributed by atoms with Crippen molar-refractivity contribution in [2.75, 3.05) is 0 Å². The van der Waals surface area contributed by atoms with Crippen LogP contribution in [0, 0.1) is 0 Å². The van der Waals surface area contributed by atoms with E-state index in [1.807, 2.05) is 0 Å². The van der Waals surface area contributed by atoms with Crippen molar-refractivity contribution in [3.05, 3.63) is 91.0 Å². The fourth-order valence-electron chi connectivity index (χ4n) is 4.23. The molecule has 3 aromatic carbocycles. The van der Waals surface area contributed by atoms with Gasteiger partial charge in [-0.05, 0) is 36.4 Å². The Morgan fingerprint density at radius 3 is 0.907 bits per heavy atom. The van der Waals surface area contributed by atoms with E-state index in [1.165, 1.54) is 0 Å². The lowest BCUT2D eigenvalue weighted by Gasteiger charge is -2.44. The van der Waals surface area contributed by atoms with E-state index in [1.54, 1.807) is 0 Å². The summed E-state index contributed by atoms with van der Waals surface area (Å²) in [6.45, 7) is 0. The third-order valence-electron chi connectivity index (χ3n) is 6.50. The fourth-order valence-corrected chi connectivity index (χ4v) is 8.51. The fraction of sp³-hybridized carbons (Fsp3) is 0.308. The molecule has 0 aliphatic heterocycles. The van der Waals surface area contributed by atoms with E-state index >= 15 is 17.6 Å². The minimum Gasteiger partial charge on any atom is -0.203 e.